The van der Waals surface area contributed by atoms with Crippen molar-refractivity contribution in [2.75, 3.05) is 6.61 Å². The molecule has 0 aliphatic rings. The molecule has 42 valence electrons. The largest absolute Gasteiger partial charge is 0.470 e. The van der Waals surface area contributed by atoms with Crippen LogP contribution in [0.2, 0.25) is 0 Å². The predicted octanol–water partition coefficient (Wildman–Crippen LogP) is 0.287. The van der Waals surface area contributed by atoms with Crippen LogP contribution in [-0.2, 0) is 4.74 Å². The average Bonchev–Trinajstić information content (AvgIpc) is 1.68. The molecule has 0 spiro atoms. The predicted molar refractivity (Wildman–Crippen MR) is 29.1 cm³/mol. The summed E-state index contributed by atoms with van der Waals surface area (Å²) in [6.07, 6.45) is 0. The Hall–Kier alpha value is -0.350. The first-order valence-corrected chi connectivity index (χ1v) is 2.29. The van der Waals surface area contributed by atoms with Gasteiger partial charge >= 0.3 is 0 Å². The van der Waals surface area contributed by atoms with Gasteiger partial charge in [-0.15, -0.1) is 0 Å². The van der Waals surface area contributed by atoms with E-state index in [0.29, 0.717) is 6.61 Å². The minimum atomic E-state index is 0.0162. The van der Waals surface area contributed by atoms with E-state index in [0.717, 1.165) is 0 Å². The lowest BCUT2D eigenvalue weighted by Crippen LogP contribution is -2.19. The summed E-state index contributed by atoms with van der Waals surface area (Å²) in [6.45, 7) is 2.26. The molecule has 0 aromatic rings. The average molecular weight is 121 g/mol. The topological polar surface area (TPSA) is 41.5 Å². The molecule has 0 saturated carbocycles. The molecule has 4 heteroatoms. The Labute approximate surface area is 47.2 Å². The second-order valence-corrected chi connectivity index (χ2v) is 1.20. The highest BCUT2D eigenvalue weighted by Gasteiger charge is 1.85. The summed E-state index contributed by atoms with van der Waals surface area (Å²) in [7, 11) is 0. The van der Waals surface area contributed by atoms with Gasteiger partial charge in [0.2, 0.25) is 0 Å². The van der Waals surface area contributed by atoms with Crippen LogP contribution in [0.15, 0.2) is 0 Å². The minimum absolute atomic E-state index is 0.0162. The van der Waals surface area contributed by atoms with Crippen LogP contribution >= 0.6 is 12.2 Å². The number of ether oxygens (including phenoxy) is 1. The van der Waals surface area contributed by atoms with Crippen molar-refractivity contribution in [3.63, 3.8) is 0 Å². The first-order valence-electron chi connectivity index (χ1n) is 1.88. The van der Waals surface area contributed by atoms with Crippen LogP contribution in [0.1, 0.15) is 6.92 Å². The van der Waals surface area contributed by atoms with Crippen LogP contribution in [0.5, 0.6) is 0 Å². The minimum Gasteiger partial charge on any atom is -0.470 e. The van der Waals surface area contributed by atoms with Gasteiger partial charge in [-0.05, 0) is 19.1 Å². The summed E-state index contributed by atoms with van der Waals surface area (Å²) in [6, 6.07) is 0. The van der Waals surface area contributed by atoms with E-state index >= 15 is 0 Å². The highest BCUT2D eigenvalue weighted by atomic mass is 32.1. The third kappa shape index (κ3) is 3.48. The van der Waals surface area contributed by atoms with Crippen LogP contribution in [0, 0.1) is 0 Å². The van der Waals surface area contributed by atoms with Gasteiger partial charge in [0, 0.05) is 0 Å². The number of hydrogen-bond acceptors (Lipinski definition) is 3. The summed E-state index contributed by atoms with van der Waals surface area (Å²) in [4.78, 5) is 0. The van der Waals surface area contributed by atoms with Crippen molar-refractivity contribution in [3.8, 4) is 0 Å². The van der Waals surface area contributed by atoms with Crippen molar-refractivity contribution in [3.05, 3.63) is 0 Å². The van der Waals surface area contributed by atoms with Crippen LogP contribution < -0.4 is 5.48 Å². The number of nitrogens with one attached hydrogen (secondary N) is 1. The van der Waals surface area contributed by atoms with Gasteiger partial charge in [-0.1, -0.05) is 0 Å². The normalized spacial score (nSPS) is 7.71. The van der Waals surface area contributed by atoms with Gasteiger partial charge in [-0.3, -0.25) is 5.21 Å². The maximum absolute atomic E-state index is 7.95. The van der Waals surface area contributed by atoms with Crippen LogP contribution in [0.3, 0.4) is 0 Å². The Morgan fingerprint density at radius 3 is 2.71 bits per heavy atom. The van der Waals surface area contributed by atoms with E-state index in [1.54, 1.807) is 12.4 Å². The van der Waals surface area contributed by atoms with E-state index in [1.807, 2.05) is 0 Å². The van der Waals surface area contributed by atoms with Crippen molar-refractivity contribution < 1.29 is 9.94 Å². The molecular formula is C3H7NO2S. The zero-order chi connectivity index (χ0) is 5.70. The van der Waals surface area contributed by atoms with Crippen molar-refractivity contribution in [2.45, 2.75) is 6.92 Å². The summed E-state index contributed by atoms with van der Waals surface area (Å²) in [5.41, 5.74) is 1.68. The van der Waals surface area contributed by atoms with E-state index in [9.17, 15) is 0 Å². The third-order valence-corrected chi connectivity index (χ3v) is 0.576. The molecule has 0 radical (unpaired) electrons. The lowest BCUT2D eigenvalue weighted by Gasteiger charge is -1.98. The fourth-order valence-electron chi connectivity index (χ4n) is 0.163. The molecule has 0 rings (SSSR count). The summed E-state index contributed by atoms with van der Waals surface area (Å²) in [5.74, 6) is 0. The highest BCUT2D eigenvalue weighted by molar-refractivity contribution is 7.80. The lowest BCUT2D eigenvalue weighted by atomic mass is 10.9. The second kappa shape index (κ2) is 3.83. The van der Waals surface area contributed by atoms with E-state index in [2.05, 4.69) is 17.0 Å². The van der Waals surface area contributed by atoms with Gasteiger partial charge in [0.1, 0.15) is 0 Å². The molecule has 0 aromatic heterocycles. The zero-order valence-corrected chi connectivity index (χ0v) is 4.79. The fourth-order valence-corrected chi connectivity index (χ4v) is 0.281. The first-order chi connectivity index (χ1) is 3.31. The lowest BCUT2D eigenvalue weighted by molar-refractivity contribution is 0.188. The molecule has 0 fully saturated rings. The molecule has 0 heterocycles. The molecule has 0 amide bonds. The standard InChI is InChI=1S/C3H7NO2S/c1-2-6-3(7)4-5/h5H,2H2,1H3,(H,4,7). The van der Waals surface area contributed by atoms with Crippen LogP contribution in [0.25, 0.3) is 0 Å². The Bertz CT molecular complexity index is 66.0. The van der Waals surface area contributed by atoms with Crippen molar-refractivity contribution >= 4 is 17.4 Å². The Kier molecular flexibility index (Phi) is 3.64. The number of hydroxylamine groups is 1. The molecule has 0 atom stereocenters. The summed E-state index contributed by atoms with van der Waals surface area (Å²) >= 11 is 4.37. The summed E-state index contributed by atoms with van der Waals surface area (Å²) in [5, 5.41) is 7.97. The molecular weight excluding hydrogens is 114 g/mol. The number of thiocarbonyl (C=S) groups is 1. The quantitative estimate of drug-likeness (QED) is 0.386. The van der Waals surface area contributed by atoms with E-state index < -0.39 is 0 Å². The maximum atomic E-state index is 7.95. The number of rotatable bonds is 1. The first kappa shape index (κ1) is 6.65. The van der Waals surface area contributed by atoms with E-state index in [1.165, 1.54) is 0 Å². The monoisotopic (exact) mass is 121 g/mol. The van der Waals surface area contributed by atoms with Crippen molar-refractivity contribution in [1.29, 1.82) is 0 Å². The molecule has 0 unspecified atom stereocenters. The molecule has 7 heavy (non-hydrogen) atoms. The fraction of sp³-hybridized carbons (Fsp3) is 0.667. The number of hydrogen-bond donors (Lipinski definition) is 2. The van der Waals surface area contributed by atoms with Gasteiger partial charge < -0.3 is 4.74 Å². The van der Waals surface area contributed by atoms with Crippen molar-refractivity contribution in [1.82, 2.24) is 5.48 Å². The Morgan fingerprint density at radius 2 is 2.57 bits per heavy atom. The zero-order valence-electron chi connectivity index (χ0n) is 3.97. The van der Waals surface area contributed by atoms with Crippen LogP contribution in [-0.4, -0.2) is 17.0 Å². The molecule has 0 bridgehead atoms. The molecule has 2 N–H and O–H groups in total. The molecule has 3 nitrogen and oxygen atoms in total. The molecule has 0 aromatic carbocycles. The Morgan fingerprint density at radius 1 is 2.00 bits per heavy atom. The second-order valence-electron chi connectivity index (χ2n) is 0.832. The third-order valence-electron chi connectivity index (χ3n) is 0.367. The van der Waals surface area contributed by atoms with E-state index in [-0.39, 0.29) is 5.17 Å². The molecule has 0 saturated heterocycles. The van der Waals surface area contributed by atoms with Gasteiger partial charge in [-0.2, -0.15) is 0 Å². The van der Waals surface area contributed by atoms with Gasteiger partial charge in [-0.25, -0.2) is 5.48 Å². The van der Waals surface area contributed by atoms with Gasteiger partial charge in [0.05, 0.1) is 6.61 Å². The molecule has 0 aliphatic carbocycles. The maximum Gasteiger partial charge on any atom is 0.280 e. The molecule has 0 aliphatic heterocycles. The van der Waals surface area contributed by atoms with Gasteiger partial charge in [0.25, 0.3) is 5.17 Å². The van der Waals surface area contributed by atoms with Crippen LogP contribution in [0.4, 0.5) is 0 Å². The van der Waals surface area contributed by atoms with Gasteiger partial charge in [0.15, 0.2) is 0 Å². The smallest absolute Gasteiger partial charge is 0.280 e. The summed E-state index contributed by atoms with van der Waals surface area (Å²) < 4.78 is 4.56. The van der Waals surface area contributed by atoms with Crippen molar-refractivity contribution in [2.24, 2.45) is 0 Å². The highest BCUT2D eigenvalue weighted by Crippen LogP contribution is 1.72. The Balaban J connectivity index is 3.00. The van der Waals surface area contributed by atoms with E-state index in [4.69, 9.17) is 5.21 Å². The SMILES string of the molecule is CCOC(=S)NO.